The Morgan fingerprint density at radius 1 is 1.28 bits per heavy atom. The van der Waals surface area contributed by atoms with Crippen LogP contribution in [0.4, 0.5) is 10.5 Å². The molecule has 132 valence electrons. The monoisotopic (exact) mass is 338 g/mol. The molecule has 0 bridgehead atoms. The van der Waals surface area contributed by atoms with Gasteiger partial charge >= 0.3 is 6.03 Å². The van der Waals surface area contributed by atoms with Crippen LogP contribution in [-0.2, 0) is 6.54 Å². The number of benzene rings is 1. The molecule has 1 aromatic carbocycles. The molecule has 1 aliphatic heterocycles. The number of hydrogen-bond donors (Lipinski definition) is 2. The number of pyridine rings is 1. The number of nitrogens with one attached hydrogen (secondary N) is 2. The maximum Gasteiger partial charge on any atom is 0.319 e. The van der Waals surface area contributed by atoms with Gasteiger partial charge in [0.05, 0.1) is 11.9 Å². The van der Waals surface area contributed by atoms with Gasteiger partial charge in [0.25, 0.3) is 0 Å². The summed E-state index contributed by atoms with van der Waals surface area (Å²) in [6.45, 7) is 7.08. The molecule has 2 heterocycles. The quantitative estimate of drug-likeness (QED) is 0.878. The van der Waals surface area contributed by atoms with E-state index in [4.69, 9.17) is 0 Å². The number of amides is 2. The number of carbonyl (C=O) groups is 1. The molecule has 1 aliphatic rings. The summed E-state index contributed by atoms with van der Waals surface area (Å²) < 4.78 is 0. The molecule has 2 amide bonds. The average molecular weight is 338 g/mol. The predicted molar refractivity (Wildman–Crippen MR) is 100 cm³/mol. The first-order valence-electron chi connectivity index (χ1n) is 8.86. The lowest BCUT2D eigenvalue weighted by atomic mass is 10.0. The lowest BCUT2D eigenvalue weighted by Gasteiger charge is -2.22. The summed E-state index contributed by atoms with van der Waals surface area (Å²) in [4.78, 5) is 18.8. The van der Waals surface area contributed by atoms with Crippen LogP contribution in [0.2, 0.25) is 0 Å². The van der Waals surface area contributed by atoms with Crippen LogP contribution < -0.4 is 10.6 Å². The number of nitrogens with zero attached hydrogens (tertiary/aromatic N) is 2. The highest BCUT2D eigenvalue weighted by atomic mass is 16.2. The lowest BCUT2D eigenvalue weighted by Crippen LogP contribution is -2.41. The Morgan fingerprint density at radius 2 is 2.08 bits per heavy atom. The molecule has 1 fully saturated rings. The lowest BCUT2D eigenvalue weighted by molar-refractivity contribution is 0.242. The van der Waals surface area contributed by atoms with Crippen LogP contribution in [-0.4, -0.2) is 35.0 Å². The number of aromatic nitrogens is 1. The van der Waals surface area contributed by atoms with Gasteiger partial charge < -0.3 is 10.6 Å². The van der Waals surface area contributed by atoms with Crippen LogP contribution in [0.1, 0.15) is 24.6 Å². The minimum Gasteiger partial charge on any atom is -0.335 e. The number of carbonyl (C=O) groups excluding carboxylic acids is 1. The van der Waals surface area contributed by atoms with E-state index in [9.17, 15) is 4.79 Å². The second-order valence-corrected chi connectivity index (χ2v) is 6.84. The van der Waals surface area contributed by atoms with Gasteiger partial charge in [0, 0.05) is 24.8 Å². The molecule has 0 aliphatic carbocycles. The van der Waals surface area contributed by atoms with Crippen molar-refractivity contribution in [2.45, 2.75) is 32.9 Å². The standard InChI is InChI=1S/C20H26N4O/c1-15-8-9-19(12-21-15)23-20(25)22-16(2)18-10-11-24(14-18)13-17-6-4-3-5-7-17/h3-9,12,16,18H,10-11,13-14H2,1-2H3,(H2,22,23,25). The van der Waals surface area contributed by atoms with Crippen LogP contribution in [0.5, 0.6) is 0 Å². The van der Waals surface area contributed by atoms with E-state index in [0.29, 0.717) is 11.6 Å². The van der Waals surface area contributed by atoms with Crippen molar-refractivity contribution in [2.75, 3.05) is 18.4 Å². The van der Waals surface area contributed by atoms with E-state index in [-0.39, 0.29) is 12.1 Å². The van der Waals surface area contributed by atoms with Gasteiger partial charge in [-0.1, -0.05) is 30.3 Å². The van der Waals surface area contributed by atoms with Gasteiger partial charge in [0.2, 0.25) is 0 Å². The van der Waals surface area contributed by atoms with E-state index < -0.39 is 0 Å². The average Bonchev–Trinajstić information content (AvgIpc) is 3.06. The first kappa shape index (κ1) is 17.4. The summed E-state index contributed by atoms with van der Waals surface area (Å²) in [5.41, 5.74) is 2.99. The van der Waals surface area contributed by atoms with Crippen molar-refractivity contribution in [1.29, 1.82) is 0 Å². The van der Waals surface area contributed by atoms with Crippen molar-refractivity contribution in [3.05, 3.63) is 59.9 Å². The second-order valence-electron chi connectivity index (χ2n) is 6.84. The van der Waals surface area contributed by atoms with Gasteiger partial charge in [-0.05, 0) is 50.4 Å². The third-order valence-electron chi connectivity index (χ3n) is 4.79. The van der Waals surface area contributed by atoms with Crippen molar-refractivity contribution < 1.29 is 4.79 Å². The molecule has 3 rings (SSSR count). The van der Waals surface area contributed by atoms with Crippen LogP contribution in [0, 0.1) is 12.8 Å². The van der Waals surface area contributed by atoms with Gasteiger partial charge in [-0.3, -0.25) is 9.88 Å². The number of hydrogen-bond acceptors (Lipinski definition) is 3. The minimum absolute atomic E-state index is 0.138. The topological polar surface area (TPSA) is 57.3 Å². The molecule has 25 heavy (non-hydrogen) atoms. The zero-order valence-electron chi connectivity index (χ0n) is 14.9. The Hall–Kier alpha value is -2.40. The SMILES string of the molecule is Cc1ccc(NC(=O)NC(C)C2CCN(Cc3ccccc3)C2)cn1. The van der Waals surface area contributed by atoms with E-state index in [0.717, 1.165) is 31.7 Å². The maximum atomic E-state index is 12.2. The van der Waals surface area contributed by atoms with Gasteiger partial charge in [-0.15, -0.1) is 0 Å². The van der Waals surface area contributed by atoms with Gasteiger partial charge in [-0.2, -0.15) is 0 Å². The maximum absolute atomic E-state index is 12.2. The molecule has 5 nitrogen and oxygen atoms in total. The zero-order valence-corrected chi connectivity index (χ0v) is 14.9. The Labute approximate surface area is 149 Å². The Morgan fingerprint density at radius 3 is 2.80 bits per heavy atom. The Balaban J connectivity index is 1.46. The molecule has 0 saturated carbocycles. The Bertz CT molecular complexity index is 687. The van der Waals surface area contributed by atoms with Crippen molar-refractivity contribution in [1.82, 2.24) is 15.2 Å². The highest BCUT2D eigenvalue weighted by Crippen LogP contribution is 2.21. The fourth-order valence-corrected chi connectivity index (χ4v) is 3.29. The fraction of sp³-hybridized carbons (Fsp3) is 0.400. The smallest absolute Gasteiger partial charge is 0.319 e. The van der Waals surface area contributed by atoms with Crippen molar-refractivity contribution in [2.24, 2.45) is 5.92 Å². The van der Waals surface area contributed by atoms with E-state index in [1.807, 2.05) is 25.1 Å². The molecule has 5 heteroatoms. The van der Waals surface area contributed by atoms with Crippen LogP contribution in [0.15, 0.2) is 48.7 Å². The zero-order chi connectivity index (χ0) is 17.6. The molecule has 2 atom stereocenters. The molecule has 0 spiro atoms. The van der Waals surface area contributed by atoms with Crippen LogP contribution >= 0.6 is 0 Å². The van der Waals surface area contributed by atoms with Crippen molar-refractivity contribution in [3.63, 3.8) is 0 Å². The minimum atomic E-state index is -0.167. The summed E-state index contributed by atoms with van der Waals surface area (Å²) >= 11 is 0. The molecule has 2 N–H and O–H groups in total. The highest BCUT2D eigenvalue weighted by Gasteiger charge is 2.27. The summed E-state index contributed by atoms with van der Waals surface area (Å²) in [5.74, 6) is 0.477. The first-order valence-corrected chi connectivity index (χ1v) is 8.86. The van der Waals surface area contributed by atoms with Gasteiger partial charge in [0.15, 0.2) is 0 Å². The summed E-state index contributed by atoms with van der Waals surface area (Å²) in [6, 6.07) is 14.3. The molecule has 0 radical (unpaired) electrons. The third kappa shape index (κ3) is 5.03. The Kier molecular flexibility index (Phi) is 5.66. The summed E-state index contributed by atoms with van der Waals surface area (Å²) in [5, 5.41) is 5.91. The van der Waals surface area contributed by atoms with E-state index >= 15 is 0 Å². The summed E-state index contributed by atoms with van der Waals surface area (Å²) in [7, 11) is 0. The third-order valence-corrected chi connectivity index (χ3v) is 4.79. The predicted octanol–water partition coefficient (Wildman–Crippen LogP) is 3.42. The normalized spacial score (nSPS) is 18.7. The number of likely N-dealkylation sites (tertiary alicyclic amines) is 1. The van der Waals surface area contributed by atoms with E-state index in [1.54, 1.807) is 6.20 Å². The van der Waals surface area contributed by atoms with Gasteiger partial charge in [0.1, 0.15) is 0 Å². The van der Waals surface area contributed by atoms with Crippen LogP contribution in [0.25, 0.3) is 0 Å². The van der Waals surface area contributed by atoms with Crippen molar-refractivity contribution in [3.8, 4) is 0 Å². The second kappa shape index (κ2) is 8.12. The molecular formula is C20H26N4O. The van der Waals surface area contributed by atoms with Gasteiger partial charge in [-0.25, -0.2) is 4.79 Å². The van der Waals surface area contributed by atoms with E-state index in [2.05, 4.69) is 51.7 Å². The number of anilines is 1. The molecule has 1 aromatic heterocycles. The summed E-state index contributed by atoms with van der Waals surface area (Å²) in [6.07, 6.45) is 2.79. The van der Waals surface area contributed by atoms with Crippen LogP contribution in [0.3, 0.4) is 0 Å². The molecule has 2 unspecified atom stereocenters. The first-order chi connectivity index (χ1) is 12.1. The molecule has 2 aromatic rings. The molecular weight excluding hydrogens is 312 g/mol. The number of rotatable bonds is 5. The fourth-order valence-electron chi connectivity index (χ4n) is 3.29. The number of aryl methyl sites for hydroxylation is 1. The largest absolute Gasteiger partial charge is 0.335 e. The molecule has 1 saturated heterocycles. The van der Waals surface area contributed by atoms with E-state index in [1.165, 1.54) is 5.56 Å². The highest BCUT2D eigenvalue weighted by molar-refractivity contribution is 5.89. The number of urea groups is 1. The van der Waals surface area contributed by atoms with Crippen molar-refractivity contribution >= 4 is 11.7 Å².